The molecule has 1 atom stereocenters. The Bertz CT molecular complexity index is 1880. The van der Waals surface area contributed by atoms with Crippen molar-refractivity contribution in [2.24, 2.45) is 0 Å². The van der Waals surface area contributed by atoms with Gasteiger partial charge >= 0.3 is 17.9 Å². The average molecular weight is 1060 g/mol. The average Bonchev–Trinajstić information content (AvgIpc) is 3.43. The van der Waals surface area contributed by atoms with Crippen molar-refractivity contribution in [1.29, 1.82) is 0 Å². The Morgan fingerprint density at radius 3 is 0.792 bits per heavy atom. The molecule has 0 N–H and O–H groups in total. The quantitative estimate of drug-likeness (QED) is 0.0261. The number of ether oxygens (including phenoxy) is 3. The van der Waals surface area contributed by atoms with Gasteiger partial charge in [0, 0.05) is 19.3 Å². The SMILES string of the molecule is CC/C=C\C/C=C\C/C=C\C/C=C\C/C=C\C/C=C\C/C=C\C/C=C\C/C=C\CCCCCCCC(=O)OCC(COC(=O)CCCCC/C=C\C/C=C\C/C=C\CC)OC(=O)CC/C=C\C/C=C\C/C=C\C/C=C\CC. The lowest BCUT2D eigenvalue weighted by Crippen LogP contribution is -2.30. The van der Waals surface area contributed by atoms with Crippen molar-refractivity contribution in [2.75, 3.05) is 13.2 Å². The molecule has 426 valence electrons. The van der Waals surface area contributed by atoms with E-state index in [9.17, 15) is 14.4 Å². The van der Waals surface area contributed by atoms with E-state index in [0.717, 1.165) is 167 Å². The van der Waals surface area contributed by atoms with Crippen LogP contribution in [0.25, 0.3) is 0 Å². The normalized spacial score (nSPS) is 13.5. The fourth-order valence-electron chi connectivity index (χ4n) is 7.23. The van der Waals surface area contributed by atoms with Gasteiger partial charge in [-0.3, -0.25) is 14.4 Å². The van der Waals surface area contributed by atoms with E-state index >= 15 is 0 Å². The van der Waals surface area contributed by atoms with Gasteiger partial charge < -0.3 is 14.2 Å². The van der Waals surface area contributed by atoms with Crippen molar-refractivity contribution in [3.05, 3.63) is 194 Å². The van der Waals surface area contributed by atoms with Gasteiger partial charge in [0.2, 0.25) is 0 Å². The molecule has 1 unspecified atom stereocenters. The van der Waals surface area contributed by atoms with E-state index in [1.54, 1.807) is 0 Å². The van der Waals surface area contributed by atoms with Gasteiger partial charge in [-0.1, -0.05) is 241 Å². The van der Waals surface area contributed by atoms with E-state index in [1.807, 2.05) is 12.2 Å². The first-order chi connectivity index (χ1) is 38.0. The lowest BCUT2D eigenvalue weighted by Gasteiger charge is -2.18. The Morgan fingerprint density at radius 1 is 0.260 bits per heavy atom. The summed E-state index contributed by atoms with van der Waals surface area (Å²) in [6.07, 6.45) is 96.0. The lowest BCUT2D eigenvalue weighted by atomic mass is 10.1. The van der Waals surface area contributed by atoms with Gasteiger partial charge in [-0.05, 0) is 148 Å². The van der Waals surface area contributed by atoms with E-state index < -0.39 is 12.1 Å². The lowest BCUT2D eigenvalue weighted by molar-refractivity contribution is -0.166. The molecule has 0 aliphatic carbocycles. The highest BCUT2D eigenvalue weighted by molar-refractivity contribution is 5.71. The Labute approximate surface area is 471 Å². The van der Waals surface area contributed by atoms with Crippen molar-refractivity contribution >= 4 is 17.9 Å². The van der Waals surface area contributed by atoms with Crippen LogP contribution in [0.4, 0.5) is 0 Å². The van der Waals surface area contributed by atoms with Crippen LogP contribution >= 0.6 is 0 Å². The number of rotatable bonds is 51. The fraction of sp³-hybridized carbons (Fsp3) is 0.507. The summed E-state index contributed by atoms with van der Waals surface area (Å²) >= 11 is 0. The van der Waals surface area contributed by atoms with Crippen LogP contribution in [0.2, 0.25) is 0 Å². The standard InChI is InChI=1S/C71H106O6/c1-4-7-10-13-16-19-22-25-26-27-28-29-30-31-32-33-34-35-36-37-38-39-40-41-42-43-44-47-49-52-55-58-61-64-70(73)76-67-68(77-71(74)65-62-59-56-53-50-46-24-21-18-15-12-9-6-3)66-75-69(72)63-60-57-54-51-48-45-23-20-17-14-11-8-5-2/h7-12,16-21,25-26,28-29,31-32,34-35,37-38,40-41,43-46,48,50,56,59,68H,4-6,13-15,22-24,27,30,33,36,39,42,47,49,51-55,57-58,60-67H2,1-3H3/b10-7-,11-8-,12-9-,19-16-,20-17-,21-18-,26-25-,29-28-,32-31-,35-34-,38-37-,41-40-,44-43-,48-45-,50-46-,59-56-. The van der Waals surface area contributed by atoms with E-state index in [4.69, 9.17) is 14.2 Å². The highest BCUT2D eigenvalue weighted by Gasteiger charge is 2.19. The summed E-state index contributed by atoms with van der Waals surface area (Å²) in [5.41, 5.74) is 0. The topological polar surface area (TPSA) is 78.9 Å². The zero-order chi connectivity index (χ0) is 55.7. The van der Waals surface area contributed by atoms with E-state index in [2.05, 4.69) is 203 Å². The van der Waals surface area contributed by atoms with E-state index in [-0.39, 0.29) is 31.6 Å². The largest absolute Gasteiger partial charge is 0.462 e. The first-order valence-corrected chi connectivity index (χ1v) is 29.9. The van der Waals surface area contributed by atoms with Gasteiger partial charge in [0.25, 0.3) is 0 Å². The Balaban J connectivity index is 4.39. The van der Waals surface area contributed by atoms with Gasteiger partial charge in [0.1, 0.15) is 13.2 Å². The van der Waals surface area contributed by atoms with Crippen LogP contribution in [0.15, 0.2) is 194 Å². The molecule has 0 bridgehead atoms. The minimum Gasteiger partial charge on any atom is -0.462 e. The van der Waals surface area contributed by atoms with Crippen molar-refractivity contribution in [3.63, 3.8) is 0 Å². The number of carbonyl (C=O) groups excluding carboxylic acids is 3. The third-order valence-corrected chi connectivity index (χ3v) is 11.6. The minimum absolute atomic E-state index is 0.137. The summed E-state index contributed by atoms with van der Waals surface area (Å²) in [5, 5.41) is 0. The highest BCUT2D eigenvalue weighted by atomic mass is 16.6. The molecule has 0 aromatic heterocycles. The summed E-state index contributed by atoms with van der Waals surface area (Å²) < 4.78 is 16.7. The predicted octanol–water partition coefficient (Wildman–Crippen LogP) is 20.6. The Hall–Kier alpha value is -5.75. The first kappa shape index (κ1) is 71.2. The third kappa shape index (κ3) is 61.0. The van der Waals surface area contributed by atoms with Crippen LogP contribution in [0.3, 0.4) is 0 Å². The molecule has 0 radical (unpaired) electrons. The molecule has 0 aromatic rings. The molecular formula is C71H106O6. The maximum absolute atomic E-state index is 12.8. The number of allylic oxidation sites excluding steroid dienone is 32. The van der Waals surface area contributed by atoms with Gasteiger partial charge in [0.15, 0.2) is 6.10 Å². The smallest absolute Gasteiger partial charge is 0.306 e. The Morgan fingerprint density at radius 2 is 0.494 bits per heavy atom. The monoisotopic (exact) mass is 1050 g/mol. The van der Waals surface area contributed by atoms with Crippen LogP contribution in [0.5, 0.6) is 0 Å². The second-order valence-electron chi connectivity index (χ2n) is 18.8. The number of hydrogen-bond donors (Lipinski definition) is 0. The summed E-state index contributed by atoms with van der Waals surface area (Å²) in [5.74, 6) is -1.08. The van der Waals surface area contributed by atoms with Crippen LogP contribution in [-0.4, -0.2) is 37.2 Å². The predicted molar refractivity (Wildman–Crippen MR) is 334 cm³/mol. The molecule has 0 heterocycles. The molecular weight excluding hydrogens is 949 g/mol. The number of carbonyl (C=O) groups is 3. The van der Waals surface area contributed by atoms with Crippen LogP contribution in [0, 0.1) is 0 Å². The molecule has 0 saturated carbocycles. The number of hydrogen-bond acceptors (Lipinski definition) is 6. The third-order valence-electron chi connectivity index (χ3n) is 11.6. The molecule has 0 rings (SSSR count). The van der Waals surface area contributed by atoms with Crippen molar-refractivity contribution in [3.8, 4) is 0 Å². The van der Waals surface area contributed by atoms with E-state index in [0.29, 0.717) is 19.3 Å². The molecule has 0 fully saturated rings. The number of unbranched alkanes of at least 4 members (excludes halogenated alkanes) is 8. The molecule has 6 heteroatoms. The van der Waals surface area contributed by atoms with Gasteiger partial charge in [0.05, 0.1) is 0 Å². The van der Waals surface area contributed by atoms with Crippen LogP contribution < -0.4 is 0 Å². The van der Waals surface area contributed by atoms with Crippen molar-refractivity contribution in [1.82, 2.24) is 0 Å². The van der Waals surface area contributed by atoms with Gasteiger partial charge in [-0.15, -0.1) is 0 Å². The van der Waals surface area contributed by atoms with Crippen LogP contribution in [0.1, 0.15) is 213 Å². The molecule has 0 amide bonds. The highest BCUT2D eigenvalue weighted by Crippen LogP contribution is 2.11. The second-order valence-corrected chi connectivity index (χ2v) is 18.8. The molecule has 0 aromatic carbocycles. The summed E-state index contributed by atoms with van der Waals surface area (Å²) in [6, 6.07) is 0. The molecule has 77 heavy (non-hydrogen) atoms. The molecule has 0 aliphatic heterocycles. The van der Waals surface area contributed by atoms with Crippen LogP contribution in [-0.2, 0) is 28.6 Å². The minimum atomic E-state index is -0.848. The zero-order valence-electron chi connectivity index (χ0n) is 48.6. The summed E-state index contributed by atoms with van der Waals surface area (Å²) in [7, 11) is 0. The van der Waals surface area contributed by atoms with Gasteiger partial charge in [-0.25, -0.2) is 0 Å². The second kappa shape index (κ2) is 62.8. The van der Waals surface area contributed by atoms with Gasteiger partial charge in [-0.2, -0.15) is 0 Å². The number of esters is 3. The van der Waals surface area contributed by atoms with Crippen molar-refractivity contribution in [2.45, 2.75) is 219 Å². The first-order valence-electron chi connectivity index (χ1n) is 29.9. The summed E-state index contributed by atoms with van der Waals surface area (Å²) in [6.45, 7) is 6.16. The Kier molecular flexibility index (Phi) is 58.1. The molecule has 0 spiro atoms. The zero-order valence-corrected chi connectivity index (χ0v) is 48.6. The maximum atomic E-state index is 12.8. The van der Waals surface area contributed by atoms with E-state index in [1.165, 1.54) is 0 Å². The summed E-state index contributed by atoms with van der Waals surface area (Å²) in [4.78, 5) is 38.1. The maximum Gasteiger partial charge on any atom is 0.306 e. The fourth-order valence-corrected chi connectivity index (χ4v) is 7.23. The molecule has 0 aliphatic rings. The molecule has 0 saturated heterocycles. The molecule has 6 nitrogen and oxygen atoms in total. The van der Waals surface area contributed by atoms with Crippen molar-refractivity contribution < 1.29 is 28.6 Å².